The summed E-state index contributed by atoms with van der Waals surface area (Å²) in [5, 5.41) is 17.9. The molecule has 0 aliphatic rings. The fraction of sp³-hybridized carbons (Fsp3) is 0.182. The van der Waals surface area contributed by atoms with Gasteiger partial charge in [-0.25, -0.2) is 9.18 Å². The highest BCUT2D eigenvalue weighted by Gasteiger charge is 2.17. The first-order chi connectivity index (χ1) is 8.45. The first-order valence-electron chi connectivity index (χ1n) is 5.11. The second kappa shape index (κ2) is 4.10. The molecular formula is C11H9FN2O4. The Morgan fingerprint density at radius 1 is 1.56 bits per heavy atom. The second-order valence-electron chi connectivity index (χ2n) is 3.63. The van der Waals surface area contributed by atoms with Crippen LogP contribution < -0.4 is 5.43 Å². The van der Waals surface area contributed by atoms with E-state index < -0.39 is 28.7 Å². The van der Waals surface area contributed by atoms with Crippen molar-refractivity contribution < 1.29 is 19.4 Å². The quantitative estimate of drug-likeness (QED) is 0.830. The topological polar surface area (TPSA) is 92.4 Å². The zero-order valence-electron chi connectivity index (χ0n) is 9.35. The molecule has 6 nitrogen and oxygen atoms in total. The zero-order valence-corrected chi connectivity index (χ0v) is 9.35. The second-order valence-corrected chi connectivity index (χ2v) is 3.63. The summed E-state index contributed by atoms with van der Waals surface area (Å²) in [6, 6.07) is 0.790. The predicted molar refractivity (Wildman–Crippen MR) is 60.3 cm³/mol. The SMILES string of the molecule is CCn1cc(C(=O)O)c(=O)c2cc(F)c(O)nc21. The van der Waals surface area contributed by atoms with Gasteiger partial charge in [0.25, 0.3) is 0 Å². The normalized spacial score (nSPS) is 10.8. The maximum Gasteiger partial charge on any atom is 0.341 e. The third-order valence-corrected chi connectivity index (χ3v) is 2.55. The molecule has 7 heteroatoms. The smallest absolute Gasteiger partial charge is 0.341 e. The number of aryl methyl sites for hydroxylation is 1. The van der Waals surface area contributed by atoms with Crippen molar-refractivity contribution in [1.82, 2.24) is 9.55 Å². The van der Waals surface area contributed by atoms with Crippen LogP contribution in [0.5, 0.6) is 5.88 Å². The monoisotopic (exact) mass is 252 g/mol. The van der Waals surface area contributed by atoms with Gasteiger partial charge in [0.15, 0.2) is 5.82 Å². The van der Waals surface area contributed by atoms with Crippen molar-refractivity contribution in [3.05, 3.63) is 33.9 Å². The van der Waals surface area contributed by atoms with Gasteiger partial charge in [0.2, 0.25) is 11.3 Å². The standard InChI is InChI=1S/C11H9FN2O4/c1-2-14-4-6(11(17)18)8(15)5-3-7(12)10(16)13-9(5)14/h3-4H,2H2,1H3,(H,13,16)(H,17,18). The molecule has 94 valence electrons. The van der Waals surface area contributed by atoms with E-state index in [4.69, 9.17) is 5.11 Å². The Hall–Kier alpha value is -2.44. The van der Waals surface area contributed by atoms with Crippen LogP contribution in [0.25, 0.3) is 11.0 Å². The average Bonchev–Trinajstić information content (AvgIpc) is 2.32. The number of aromatic nitrogens is 2. The number of hydrogen-bond donors (Lipinski definition) is 2. The van der Waals surface area contributed by atoms with Gasteiger partial charge in [-0.05, 0) is 13.0 Å². The van der Waals surface area contributed by atoms with Crippen LogP contribution in [0.3, 0.4) is 0 Å². The lowest BCUT2D eigenvalue weighted by atomic mass is 10.2. The van der Waals surface area contributed by atoms with E-state index in [1.165, 1.54) is 4.57 Å². The van der Waals surface area contributed by atoms with E-state index in [9.17, 15) is 19.1 Å². The Morgan fingerprint density at radius 3 is 2.78 bits per heavy atom. The molecule has 2 aromatic heterocycles. The van der Waals surface area contributed by atoms with Crippen molar-refractivity contribution in [3.8, 4) is 5.88 Å². The van der Waals surface area contributed by atoms with Gasteiger partial charge in [-0.2, -0.15) is 4.98 Å². The molecule has 2 aromatic rings. The Balaban J connectivity index is 2.99. The van der Waals surface area contributed by atoms with Crippen molar-refractivity contribution in [2.75, 3.05) is 0 Å². The molecule has 18 heavy (non-hydrogen) atoms. The van der Waals surface area contributed by atoms with Gasteiger partial charge in [0.1, 0.15) is 11.2 Å². The minimum Gasteiger partial charge on any atom is -0.491 e. The summed E-state index contributed by atoms with van der Waals surface area (Å²) >= 11 is 0. The van der Waals surface area contributed by atoms with Crippen LogP contribution in [0.4, 0.5) is 4.39 Å². The molecule has 2 heterocycles. The van der Waals surface area contributed by atoms with E-state index in [2.05, 4.69) is 4.98 Å². The minimum atomic E-state index is -1.39. The van der Waals surface area contributed by atoms with Gasteiger partial charge in [-0.1, -0.05) is 0 Å². The summed E-state index contributed by atoms with van der Waals surface area (Å²) in [6.45, 7) is 2.03. The summed E-state index contributed by atoms with van der Waals surface area (Å²) in [4.78, 5) is 26.3. The van der Waals surface area contributed by atoms with Crippen molar-refractivity contribution in [2.24, 2.45) is 0 Å². The van der Waals surface area contributed by atoms with Crippen LogP contribution >= 0.6 is 0 Å². The van der Waals surface area contributed by atoms with Crippen molar-refractivity contribution in [1.29, 1.82) is 0 Å². The molecule has 0 bridgehead atoms. The summed E-state index contributed by atoms with van der Waals surface area (Å²) in [7, 11) is 0. The van der Waals surface area contributed by atoms with E-state index in [1.54, 1.807) is 6.92 Å². The van der Waals surface area contributed by atoms with Crippen LogP contribution in [0.2, 0.25) is 0 Å². The molecule has 0 fully saturated rings. The Morgan fingerprint density at radius 2 is 2.22 bits per heavy atom. The third kappa shape index (κ3) is 1.69. The van der Waals surface area contributed by atoms with Crippen molar-refractivity contribution >= 4 is 17.0 Å². The molecule has 0 radical (unpaired) electrons. The summed E-state index contributed by atoms with van der Waals surface area (Å²) < 4.78 is 14.5. The van der Waals surface area contributed by atoms with Gasteiger partial charge < -0.3 is 14.8 Å². The van der Waals surface area contributed by atoms with Crippen molar-refractivity contribution in [3.63, 3.8) is 0 Å². The number of halogens is 1. The number of hydrogen-bond acceptors (Lipinski definition) is 4. The lowest BCUT2D eigenvalue weighted by Crippen LogP contribution is -2.19. The minimum absolute atomic E-state index is 0.0476. The number of carboxylic acids is 1. The average molecular weight is 252 g/mol. The van der Waals surface area contributed by atoms with Gasteiger partial charge in [0.05, 0.1) is 5.39 Å². The Labute approximate surface area is 99.9 Å². The molecule has 0 aliphatic carbocycles. The highest BCUT2D eigenvalue weighted by Crippen LogP contribution is 2.18. The van der Waals surface area contributed by atoms with Crippen molar-refractivity contribution in [2.45, 2.75) is 13.5 Å². The Kier molecular flexibility index (Phi) is 2.74. The third-order valence-electron chi connectivity index (χ3n) is 2.55. The van der Waals surface area contributed by atoms with E-state index in [0.717, 1.165) is 12.3 Å². The first-order valence-corrected chi connectivity index (χ1v) is 5.11. The molecule has 0 saturated heterocycles. The number of nitrogens with zero attached hydrogens (tertiary/aromatic N) is 2. The fourth-order valence-electron chi connectivity index (χ4n) is 1.67. The number of pyridine rings is 2. The number of aromatic hydroxyl groups is 1. The number of aromatic carboxylic acids is 1. The molecule has 0 unspecified atom stereocenters. The predicted octanol–water partition coefficient (Wildman–Crippen LogP) is 0.959. The molecule has 0 saturated carbocycles. The molecule has 0 aliphatic heterocycles. The summed E-state index contributed by atoms with van der Waals surface area (Å²) in [5.41, 5.74) is -1.24. The maximum absolute atomic E-state index is 13.2. The van der Waals surface area contributed by atoms with Gasteiger partial charge >= 0.3 is 5.97 Å². The summed E-state index contributed by atoms with van der Waals surface area (Å²) in [6.07, 6.45) is 1.12. The molecular weight excluding hydrogens is 243 g/mol. The van der Waals surface area contributed by atoms with Crippen LogP contribution in [0, 0.1) is 5.82 Å². The largest absolute Gasteiger partial charge is 0.491 e. The van der Waals surface area contributed by atoms with Crippen LogP contribution in [0.1, 0.15) is 17.3 Å². The highest BCUT2D eigenvalue weighted by atomic mass is 19.1. The van der Waals surface area contributed by atoms with E-state index in [-0.39, 0.29) is 11.0 Å². The zero-order chi connectivity index (χ0) is 13.4. The van der Waals surface area contributed by atoms with Crippen LogP contribution in [0.15, 0.2) is 17.1 Å². The molecule has 0 atom stereocenters. The summed E-state index contributed by atoms with van der Waals surface area (Å²) in [5.74, 6) is -3.28. The Bertz CT molecular complexity index is 708. The first kappa shape index (κ1) is 12.0. The number of carbonyl (C=O) groups is 1. The van der Waals surface area contributed by atoms with E-state index in [1.807, 2.05) is 0 Å². The molecule has 0 spiro atoms. The van der Waals surface area contributed by atoms with Gasteiger partial charge in [-0.3, -0.25) is 4.79 Å². The number of rotatable bonds is 2. The molecule has 2 N–H and O–H groups in total. The highest BCUT2D eigenvalue weighted by molar-refractivity contribution is 5.91. The van der Waals surface area contributed by atoms with E-state index in [0.29, 0.717) is 6.54 Å². The van der Waals surface area contributed by atoms with E-state index >= 15 is 0 Å². The van der Waals surface area contributed by atoms with Crippen LogP contribution in [-0.4, -0.2) is 25.7 Å². The van der Waals surface area contributed by atoms with Gasteiger partial charge in [-0.15, -0.1) is 0 Å². The molecule has 2 rings (SSSR count). The molecule has 0 aromatic carbocycles. The lowest BCUT2D eigenvalue weighted by molar-refractivity contribution is 0.0695. The number of carboxylic acid groups (broad SMARTS) is 1. The number of fused-ring (bicyclic) bond motifs is 1. The fourth-order valence-corrected chi connectivity index (χ4v) is 1.67. The van der Waals surface area contributed by atoms with Crippen LogP contribution in [-0.2, 0) is 6.54 Å². The maximum atomic E-state index is 13.2. The molecule has 0 amide bonds. The van der Waals surface area contributed by atoms with Gasteiger partial charge in [0, 0.05) is 12.7 Å². The lowest BCUT2D eigenvalue weighted by Gasteiger charge is -2.09.